The Morgan fingerprint density at radius 2 is 2.00 bits per heavy atom. The van der Waals surface area contributed by atoms with Crippen LogP contribution in [-0.4, -0.2) is 44.5 Å². The van der Waals surface area contributed by atoms with Crippen molar-refractivity contribution in [2.24, 2.45) is 11.1 Å². The van der Waals surface area contributed by atoms with Gasteiger partial charge < -0.3 is 16.0 Å². The summed E-state index contributed by atoms with van der Waals surface area (Å²) in [5.41, 5.74) is 5.85. The van der Waals surface area contributed by atoms with Gasteiger partial charge in [0, 0.05) is 20.0 Å². The fourth-order valence-electron chi connectivity index (χ4n) is 1.12. The Bertz CT molecular complexity index is 192. The first kappa shape index (κ1) is 14.4. The molecule has 0 radical (unpaired) electrons. The summed E-state index contributed by atoms with van der Waals surface area (Å²) >= 11 is 0. The summed E-state index contributed by atoms with van der Waals surface area (Å²) in [4.78, 5) is 13.2. The molecule has 0 unspecified atom stereocenters. The Hall–Kier alpha value is -0.610. The number of carbonyl (C=O) groups excluding carboxylic acids is 1. The molecule has 0 aliphatic rings. The topological polar surface area (TPSA) is 58.4 Å². The number of carbonyl (C=O) groups is 1. The van der Waals surface area contributed by atoms with Crippen LogP contribution in [-0.2, 0) is 4.79 Å². The number of nitrogens with one attached hydrogen (secondary N) is 1. The molecule has 0 spiro atoms. The quantitative estimate of drug-likeness (QED) is 0.647. The van der Waals surface area contributed by atoms with Crippen molar-refractivity contribution >= 4 is 5.91 Å². The lowest BCUT2D eigenvalue weighted by Crippen LogP contribution is -2.32. The highest BCUT2D eigenvalue weighted by atomic mass is 16.1. The van der Waals surface area contributed by atoms with Gasteiger partial charge in [0.15, 0.2) is 0 Å². The van der Waals surface area contributed by atoms with Gasteiger partial charge in [-0.15, -0.1) is 0 Å². The number of hydrogen-bond donors (Lipinski definition) is 2. The van der Waals surface area contributed by atoms with E-state index in [9.17, 15) is 4.79 Å². The van der Waals surface area contributed by atoms with Crippen LogP contribution in [0.4, 0.5) is 0 Å². The van der Waals surface area contributed by atoms with E-state index >= 15 is 0 Å². The molecule has 0 aromatic rings. The van der Waals surface area contributed by atoms with Crippen molar-refractivity contribution in [3.8, 4) is 0 Å². The summed E-state index contributed by atoms with van der Waals surface area (Å²) in [5, 5.41) is 2.62. The SMILES string of the molecule is CNC(=O)CCN(C)CCC(C)(C)CN. The van der Waals surface area contributed by atoms with Crippen molar-refractivity contribution in [2.75, 3.05) is 33.7 Å². The largest absolute Gasteiger partial charge is 0.359 e. The maximum absolute atomic E-state index is 11.0. The third kappa shape index (κ3) is 7.33. The number of hydrogen-bond acceptors (Lipinski definition) is 3. The standard InChI is InChI=1S/C11H25N3O/c1-11(2,9-12)6-8-14(4)7-5-10(15)13-3/h5-9,12H2,1-4H3,(H,13,15). The maximum Gasteiger partial charge on any atom is 0.221 e. The highest BCUT2D eigenvalue weighted by Crippen LogP contribution is 2.17. The Kier molecular flexibility index (Phi) is 6.52. The van der Waals surface area contributed by atoms with E-state index in [4.69, 9.17) is 5.73 Å². The molecular weight excluding hydrogens is 190 g/mol. The zero-order chi connectivity index (χ0) is 11.9. The lowest BCUT2D eigenvalue weighted by Gasteiger charge is -2.25. The molecule has 0 heterocycles. The summed E-state index contributed by atoms with van der Waals surface area (Å²) in [5.74, 6) is 0.0972. The average molecular weight is 215 g/mol. The molecule has 1 amide bonds. The van der Waals surface area contributed by atoms with E-state index in [1.165, 1.54) is 0 Å². The number of rotatable bonds is 7. The molecule has 0 atom stereocenters. The molecule has 4 heteroatoms. The van der Waals surface area contributed by atoms with Gasteiger partial charge in [0.25, 0.3) is 0 Å². The highest BCUT2D eigenvalue weighted by molar-refractivity contribution is 5.75. The molecule has 0 bridgehead atoms. The van der Waals surface area contributed by atoms with Crippen LogP contribution in [0.15, 0.2) is 0 Å². The zero-order valence-corrected chi connectivity index (χ0v) is 10.5. The minimum atomic E-state index is 0.0972. The molecule has 3 N–H and O–H groups in total. The molecule has 0 aromatic carbocycles. The zero-order valence-electron chi connectivity index (χ0n) is 10.5. The van der Waals surface area contributed by atoms with Crippen LogP contribution < -0.4 is 11.1 Å². The fourth-order valence-corrected chi connectivity index (χ4v) is 1.12. The minimum absolute atomic E-state index is 0.0972. The van der Waals surface area contributed by atoms with E-state index in [1.807, 2.05) is 7.05 Å². The van der Waals surface area contributed by atoms with Gasteiger partial charge in [-0.05, 0) is 32.0 Å². The van der Waals surface area contributed by atoms with Crippen molar-refractivity contribution in [1.82, 2.24) is 10.2 Å². The van der Waals surface area contributed by atoms with Gasteiger partial charge >= 0.3 is 0 Å². The van der Waals surface area contributed by atoms with Crippen molar-refractivity contribution in [3.05, 3.63) is 0 Å². The third-order valence-electron chi connectivity index (χ3n) is 2.72. The molecule has 0 aromatic heterocycles. The van der Waals surface area contributed by atoms with Gasteiger partial charge in [-0.2, -0.15) is 0 Å². The molecular formula is C11H25N3O. The van der Waals surface area contributed by atoms with Gasteiger partial charge in [-0.3, -0.25) is 4.79 Å². The van der Waals surface area contributed by atoms with Gasteiger partial charge in [-0.25, -0.2) is 0 Å². The molecule has 0 rings (SSSR count). The normalized spacial score (nSPS) is 11.9. The van der Waals surface area contributed by atoms with E-state index < -0.39 is 0 Å². The van der Waals surface area contributed by atoms with Gasteiger partial charge in [-0.1, -0.05) is 13.8 Å². The van der Waals surface area contributed by atoms with E-state index in [0.29, 0.717) is 13.0 Å². The fraction of sp³-hybridized carbons (Fsp3) is 0.909. The smallest absolute Gasteiger partial charge is 0.221 e. The summed E-state index contributed by atoms with van der Waals surface area (Å²) in [6.45, 7) is 6.83. The molecule has 0 saturated heterocycles. The minimum Gasteiger partial charge on any atom is -0.359 e. The second-order valence-electron chi connectivity index (χ2n) is 4.84. The van der Waals surface area contributed by atoms with Gasteiger partial charge in [0.1, 0.15) is 0 Å². The lowest BCUT2D eigenvalue weighted by atomic mass is 9.89. The van der Waals surface area contributed by atoms with Crippen LogP contribution in [0.1, 0.15) is 26.7 Å². The monoisotopic (exact) mass is 215 g/mol. The summed E-state index contributed by atoms with van der Waals surface area (Å²) in [6.07, 6.45) is 1.63. The third-order valence-corrected chi connectivity index (χ3v) is 2.72. The first-order chi connectivity index (χ1) is 6.91. The van der Waals surface area contributed by atoms with Crippen LogP contribution in [0.5, 0.6) is 0 Å². The first-order valence-corrected chi connectivity index (χ1v) is 5.50. The Labute approximate surface area is 93.2 Å². The van der Waals surface area contributed by atoms with Gasteiger partial charge in [0.2, 0.25) is 5.91 Å². The lowest BCUT2D eigenvalue weighted by molar-refractivity contribution is -0.120. The Morgan fingerprint density at radius 3 is 2.47 bits per heavy atom. The predicted molar refractivity (Wildman–Crippen MR) is 63.6 cm³/mol. The maximum atomic E-state index is 11.0. The summed E-state index contributed by atoms with van der Waals surface area (Å²) < 4.78 is 0. The second kappa shape index (κ2) is 6.80. The second-order valence-corrected chi connectivity index (χ2v) is 4.84. The van der Waals surface area contributed by atoms with Crippen molar-refractivity contribution < 1.29 is 4.79 Å². The van der Waals surface area contributed by atoms with E-state index in [1.54, 1.807) is 7.05 Å². The molecule has 4 nitrogen and oxygen atoms in total. The summed E-state index contributed by atoms with van der Waals surface area (Å²) in [7, 11) is 3.70. The van der Waals surface area contributed by atoms with E-state index in [-0.39, 0.29) is 11.3 Å². The molecule has 15 heavy (non-hydrogen) atoms. The van der Waals surface area contributed by atoms with Crippen LogP contribution in [0, 0.1) is 5.41 Å². The molecule has 0 aliphatic carbocycles. The predicted octanol–water partition coefficient (Wildman–Crippen LogP) is 0.429. The number of nitrogens with two attached hydrogens (primary N) is 1. The van der Waals surface area contributed by atoms with E-state index in [2.05, 4.69) is 24.1 Å². The van der Waals surface area contributed by atoms with Crippen molar-refractivity contribution in [2.45, 2.75) is 26.7 Å². The van der Waals surface area contributed by atoms with Gasteiger partial charge in [0.05, 0.1) is 0 Å². The van der Waals surface area contributed by atoms with Crippen LogP contribution in [0.25, 0.3) is 0 Å². The van der Waals surface area contributed by atoms with E-state index in [0.717, 1.165) is 19.5 Å². The molecule has 0 saturated carbocycles. The molecule has 90 valence electrons. The number of nitrogens with zero attached hydrogens (tertiary/aromatic N) is 1. The molecule has 0 aliphatic heterocycles. The first-order valence-electron chi connectivity index (χ1n) is 5.50. The van der Waals surface area contributed by atoms with Crippen LogP contribution >= 0.6 is 0 Å². The molecule has 0 fully saturated rings. The van der Waals surface area contributed by atoms with Crippen LogP contribution in [0.3, 0.4) is 0 Å². The van der Waals surface area contributed by atoms with Crippen molar-refractivity contribution in [1.29, 1.82) is 0 Å². The number of amides is 1. The summed E-state index contributed by atoms with van der Waals surface area (Å²) in [6, 6.07) is 0. The average Bonchev–Trinajstić information content (AvgIpc) is 2.23. The Balaban J connectivity index is 3.66. The van der Waals surface area contributed by atoms with Crippen molar-refractivity contribution in [3.63, 3.8) is 0 Å². The highest BCUT2D eigenvalue weighted by Gasteiger charge is 2.16. The Morgan fingerprint density at radius 1 is 1.40 bits per heavy atom. The van der Waals surface area contributed by atoms with Crippen LogP contribution in [0.2, 0.25) is 0 Å².